The van der Waals surface area contributed by atoms with E-state index in [-0.39, 0.29) is 0 Å². The molecule has 0 aliphatic heterocycles. The van der Waals surface area contributed by atoms with E-state index in [0.29, 0.717) is 35.6 Å². The molecule has 0 aromatic carbocycles. The highest BCUT2D eigenvalue weighted by Crippen LogP contribution is 2.62. The minimum Gasteiger partial charge on any atom is -0.396 e. The van der Waals surface area contributed by atoms with Crippen LogP contribution < -0.4 is 0 Å². The lowest BCUT2D eigenvalue weighted by atomic mass is 9.53. The van der Waals surface area contributed by atoms with Crippen LogP contribution in [0.3, 0.4) is 0 Å². The van der Waals surface area contributed by atoms with Crippen molar-refractivity contribution in [2.24, 2.45) is 35.0 Å². The quantitative estimate of drug-likeness (QED) is 0.839. The van der Waals surface area contributed by atoms with Gasteiger partial charge in [0, 0.05) is 13.0 Å². The molecule has 120 valence electrons. The van der Waals surface area contributed by atoms with Gasteiger partial charge in [-0.2, -0.15) is 0 Å². The molecule has 2 heteroatoms. The smallest absolute Gasteiger partial charge is 0.155 e. The Kier molecular flexibility index (Phi) is 3.56. The summed E-state index contributed by atoms with van der Waals surface area (Å²) >= 11 is 0. The molecule has 6 atom stereocenters. The van der Waals surface area contributed by atoms with Crippen molar-refractivity contribution in [3.63, 3.8) is 0 Å². The second-order valence-corrected chi connectivity index (χ2v) is 8.29. The highest BCUT2D eigenvalue weighted by atomic mass is 16.3. The van der Waals surface area contributed by atoms with Crippen molar-refractivity contribution >= 4 is 5.78 Å². The Bertz CT molecular complexity index is 532. The van der Waals surface area contributed by atoms with E-state index in [1.165, 1.54) is 31.3 Å². The molecule has 0 heterocycles. The molecular formula is C20H28O2. The van der Waals surface area contributed by atoms with Gasteiger partial charge in [0.25, 0.3) is 0 Å². The average molecular weight is 300 g/mol. The van der Waals surface area contributed by atoms with Crippen molar-refractivity contribution in [3.05, 3.63) is 23.8 Å². The molecule has 0 amide bonds. The summed E-state index contributed by atoms with van der Waals surface area (Å²) in [6, 6.07) is 0. The number of rotatable bonds is 2. The molecule has 0 bridgehead atoms. The van der Waals surface area contributed by atoms with Crippen LogP contribution in [0.15, 0.2) is 23.8 Å². The highest BCUT2D eigenvalue weighted by Gasteiger charge is 2.54. The first kappa shape index (κ1) is 14.7. The standard InChI is InChI=1S/C20H28O2/c1-20-10-8-17-16-6-4-15(22)12-13(16)2-5-18(17)19(20)7-3-14(20)9-11-21/h2,5,12,14,16-19,21H,3-4,6-11H2,1H3/t14-,16+,17-,18-,19+,20-/m1/s1. The van der Waals surface area contributed by atoms with E-state index >= 15 is 0 Å². The van der Waals surface area contributed by atoms with Crippen molar-refractivity contribution in [1.82, 2.24) is 0 Å². The van der Waals surface area contributed by atoms with Crippen LogP contribution in [0.4, 0.5) is 0 Å². The van der Waals surface area contributed by atoms with Gasteiger partial charge < -0.3 is 5.11 Å². The highest BCUT2D eigenvalue weighted by molar-refractivity contribution is 5.91. The van der Waals surface area contributed by atoms with Gasteiger partial charge in [0.05, 0.1) is 0 Å². The summed E-state index contributed by atoms with van der Waals surface area (Å²) in [4.78, 5) is 11.7. The van der Waals surface area contributed by atoms with Gasteiger partial charge in [-0.3, -0.25) is 4.79 Å². The summed E-state index contributed by atoms with van der Waals surface area (Å²) in [7, 11) is 0. The Labute approximate surface area is 133 Å². The maximum Gasteiger partial charge on any atom is 0.155 e. The molecule has 4 rings (SSSR count). The Hall–Kier alpha value is -0.890. The molecule has 4 aliphatic rings. The number of carbonyl (C=O) groups excluding carboxylic acids is 1. The van der Waals surface area contributed by atoms with E-state index in [4.69, 9.17) is 0 Å². The van der Waals surface area contributed by atoms with Gasteiger partial charge in [-0.05, 0) is 85.2 Å². The van der Waals surface area contributed by atoms with Crippen LogP contribution in [-0.4, -0.2) is 17.5 Å². The predicted molar refractivity (Wildman–Crippen MR) is 87.2 cm³/mol. The molecule has 2 saturated carbocycles. The lowest BCUT2D eigenvalue weighted by Gasteiger charge is -2.52. The van der Waals surface area contributed by atoms with Gasteiger partial charge in [-0.25, -0.2) is 0 Å². The van der Waals surface area contributed by atoms with Gasteiger partial charge in [0.1, 0.15) is 0 Å². The van der Waals surface area contributed by atoms with Crippen LogP contribution in [0.25, 0.3) is 0 Å². The number of aliphatic hydroxyl groups excluding tert-OH is 1. The third-order valence-corrected chi connectivity index (χ3v) is 7.54. The number of carbonyl (C=O) groups is 1. The molecule has 4 aliphatic carbocycles. The molecule has 2 nitrogen and oxygen atoms in total. The van der Waals surface area contributed by atoms with Gasteiger partial charge in [-0.15, -0.1) is 0 Å². The minimum atomic E-state index is 0.318. The lowest BCUT2D eigenvalue weighted by molar-refractivity contribution is -0.115. The van der Waals surface area contributed by atoms with E-state index in [9.17, 15) is 9.90 Å². The third kappa shape index (κ3) is 2.06. The van der Waals surface area contributed by atoms with E-state index in [1.54, 1.807) is 0 Å². The normalized spacial score (nSPS) is 46.7. The number of hydrogen-bond acceptors (Lipinski definition) is 2. The lowest BCUT2D eigenvalue weighted by Crippen LogP contribution is -2.45. The fourth-order valence-electron chi connectivity index (χ4n) is 6.39. The molecule has 0 aromatic heterocycles. The van der Waals surface area contributed by atoms with Gasteiger partial charge in [0.15, 0.2) is 5.78 Å². The third-order valence-electron chi connectivity index (χ3n) is 7.54. The zero-order valence-electron chi connectivity index (χ0n) is 13.6. The molecule has 0 spiro atoms. The molecular weight excluding hydrogens is 272 g/mol. The number of hydrogen-bond donors (Lipinski definition) is 1. The maximum atomic E-state index is 11.7. The Morgan fingerprint density at radius 2 is 2.14 bits per heavy atom. The van der Waals surface area contributed by atoms with Crippen molar-refractivity contribution < 1.29 is 9.90 Å². The van der Waals surface area contributed by atoms with Gasteiger partial charge >= 0.3 is 0 Å². The Morgan fingerprint density at radius 3 is 2.95 bits per heavy atom. The predicted octanol–water partition coefficient (Wildman–Crippen LogP) is 3.90. The summed E-state index contributed by atoms with van der Waals surface area (Å²) in [5, 5.41) is 9.39. The fourth-order valence-corrected chi connectivity index (χ4v) is 6.39. The number of ketones is 1. The summed E-state index contributed by atoms with van der Waals surface area (Å²) in [5.41, 5.74) is 1.74. The second-order valence-electron chi connectivity index (χ2n) is 8.29. The fraction of sp³-hybridized carbons (Fsp3) is 0.750. The molecule has 2 fully saturated rings. The molecule has 0 radical (unpaired) electrons. The molecule has 0 aromatic rings. The number of fused-ring (bicyclic) bond motifs is 5. The summed E-state index contributed by atoms with van der Waals surface area (Å²) in [6.45, 7) is 2.83. The summed E-state index contributed by atoms with van der Waals surface area (Å²) in [6.07, 6.45) is 14.7. The Morgan fingerprint density at radius 1 is 1.27 bits per heavy atom. The van der Waals surface area contributed by atoms with E-state index in [0.717, 1.165) is 31.1 Å². The Balaban J connectivity index is 1.63. The summed E-state index contributed by atoms with van der Waals surface area (Å²) < 4.78 is 0. The largest absolute Gasteiger partial charge is 0.396 e. The van der Waals surface area contributed by atoms with Gasteiger partial charge in [0.2, 0.25) is 0 Å². The average Bonchev–Trinajstić information content (AvgIpc) is 2.84. The monoisotopic (exact) mass is 300 g/mol. The molecule has 1 N–H and O–H groups in total. The van der Waals surface area contributed by atoms with Crippen molar-refractivity contribution in [1.29, 1.82) is 0 Å². The van der Waals surface area contributed by atoms with E-state index in [1.807, 2.05) is 6.08 Å². The van der Waals surface area contributed by atoms with Gasteiger partial charge in [-0.1, -0.05) is 19.1 Å². The van der Waals surface area contributed by atoms with Crippen LogP contribution >= 0.6 is 0 Å². The summed E-state index contributed by atoms with van der Waals surface area (Å²) in [5.74, 6) is 3.92. The first-order valence-corrected chi connectivity index (χ1v) is 9.17. The van der Waals surface area contributed by atoms with Crippen LogP contribution in [0.1, 0.15) is 51.9 Å². The number of allylic oxidation sites excluding steroid dienone is 4. The first-order chi connectivity index (χ1) is 10.6. The van der Waals surface area contributed by atoms with Crippen LogP contribution in [0, 0.1) is 35.0 Å². The molecule has 22 heavy (non-hydrogen) atoms. The van der Waals surface area contributed by atoms with Crippen LogP contribution in [0.5, 0.6) is 0 Å². The first-order valence-electron chi connectivity index (χ1n) is 9.17. The number of aliphatic hydroxyl groups is 1. The van der Waals surface area contributed by atoms with Crippen LogP contribution in [-0.2, 0) is 4.79 Å². The van der Waals surface area contributed by atoms with Crippen molar-refractivity contribution in [2.75, 3.05) is 6.61 Å². The van der Waals surface area contributed by atoms with E-state index < -0.39 is 0 Å². The van der Waals surface area contributed by atoms with Crippen LogP contribution in [0.2, 0.25) is 0 Å². The molecule has 0 saturated heterocycles. The van der Waals surface area contributed by atoms with E-state index in [2.05, 4.69) is 19.1 Å². The minimum absolute atomic E-state index is 0.318. The topological polar surface area (TPSA) is 37.3 Å². The maximum absolute atomic E-state index is 11.7. The van der Waals surface area contributed by atoms with Crippen molar-refractivity contribution in [3.8, 4) is 0 Å². The zero-order valence-corrected chi connectivity index (χ0v) is 13.6. The second kappa shape index (κ2) is 5.33. The molecule has 0 unspecified atom stereocenters. The SMILES string of the molecule is C[C@]12CC[C@H]3[C@@H](C=CC4=CC(=O)CC[C@@H]43)[C@@H]1CC[C@@H]2CCO. The zero-order chi connectivity index (χ0) is 15.3. The van der Waals surface area contributed by atoms with Crippen molar-refractivity contribution in [2.45, 2.75) is 51.9 Å².